The van der Waals surface area contributed by atoms with Crippen LogP contribution in [0, 0.1) is 0 Å². The first-order chi connectivity index (χ1) is 17.1. The summed E-state index contributed by atoms with van der Waals surface area (Å²) in [7, 11) is 0. The molecular weight excluding hydrogens is 460 g/mol. The molecule has 1 aliphatic rings. The van der Waals surface area contributed by atoms with Crippen LogP contribution in [-0.2, 0) is 22.5 Å². The molecule has 0 fully saturated rings. The van der Waals surface area contributed by atoms with Crippen LogP contribution < -0.4 is 9.64 Å². The van der Waals surface area contributed by atoms with Gasteiger partial charge in [0.1, 0.15) is 5.75 Å². The molecule has 0 radical (unpaired) electrons. The number of hydrogen-bond acceptors (Lipinski definition) is 6. The summed E-state index contributed by atoms with van der Waals surface area (Å²) in [6.07, 6.45) is 0.779. The highest BCUT2D eigenvalue weighted by Gasteiger charge is 2.26. The summed E-state index contributed by atoms with van der Waals surface area (Å²) in [6.45, 7) is 2.38. The van der Waals surface area contributed by atoms with Crippen LogP contribution in [0.2, 0.25) is 0 Å². The van der Waals surface area contributed by atoms with E-state index in [1.54, 1.807) is 41.4 Å². The summed E-state index contributed by atoms with van der Waals surface area (Å²) < 4.78 is 10.8. The molecular formula is C28H24N2O4S. The molecule has 3 aromatic carbocycles. The lowest BCUT2D eigenvalue weighted by Crippen LogP contribution is -2.38. The first kappa shape index (κ1) is 22.8. The van der Waals surface area contributed by atoms with Crippen LogP contribution in [0.5, 0.6) is 5.75 Å². The molecule has 1 aromatic heterocycles. The molecule has 7 heteroatoms. The van der Waals surface area contributed by atoms with Crippen LogP contribution in [0.4, 0.5) is 5.69 Å². The van der Waals surface area contributed by atoms with Crippen molar-refractivity contribution < 1.29 is 19.1 Å². The van der Waals surface area contributed by atoms with Gasteiger partial charge in [0, 0.05) is 17.4 Å². The molecule has 6 nitrogen and oxygen atoms in total. The predicted molar refractivity (Wildman–Crippen MR) is 136 cm³/mol. The van der Waals surface area contributed by atoms with E-state index in [1.165, 1.54) is 5.56 Å². The normalized spacial score (nSPS) is 12.7. The molecule has 0 unspecified atom stereocenters. The minimum Gasteiger partial charge on any atom is -0.482 e. The van der Waals surface area contributed by atoms with Crippen molar-refractivity contribution in [2.75, 3.05) is 18.1 Å². The molecule has 1 aliphatic heterocycles. The summed E-state index contributed by atoms with van der Waals surface area (Å²) in [5, 5.41) is 3.07. The number of fused-ring (bicyclic) bond motifs is 1. The van der Waals surface area contributed by atoms with E-state index in [4.69, 9.17) is 14.5 Å². The monoisotopic (exact) mass is 484 g/mol. The van der Waals surface area contributed by atoms with Crippen molar-refractivity contribution in [2.24, 2.45) is 0 Å². The Hall–Kier alpha value is -3.97. The van der Waals surface area contributed by atoms with Gasteiger partial charge in [0.25, 0.3) is 5.91 Å². The zero-order chi connectivity index (χ0) is 24.2. The predicted octanol–water partition coefficient (Wildman–Crippen LogP) is 5.50. The number of hydrogen-bond donors (Lipinski definition) is 0. The Morgan fingerprint density at radius 3 is 2.71 bits per heavy atom. The Kier molecular flexibility index (Phi) is 6.59. The first-order valence-electron chi connectivity index (χ1n) is 11.4. The lowest BCUT2D eigenvalue weighted by Gasteiger charge is -2.30. The molecule has 5 rings (SSSR count). The number of esters is 1. The molecule has 4 aromatic rings. The molecule has 0 aliphatic carbocycles. The molecule has 0 atom stereocenters. The Bertz CT molecular complexity index is 1370. The molecule has 2 heterocycles. The molecule has 1 amide bonds. The Balaban J connectivity index is 1.41. The van der Waals surface area contributed by atoms with Crippen LogP contribution in [0.1, 0.15) is 33.4 Å². The topological polar surface area (TPSA) is 68.7 Å². The number of carbonyl (C=O) groups excluding carboxylic acids is 2. The van der Waals surface area contributed by atoms with Crippen LogP contribution in [0.3, 0.4) is 0 Å². The fraction of sp³-hybridized carbons (Fsp3) is 0.179. The maximum absolute atomic E-state index is 12.8. The van der Waals surface area contributed by atoms with Crippen molar-refractivity contribution in [1.29, 1.82) is 0 Å². The van der Waals surface area contributed by atoms with Crippen molar-refractivity contribution in [3.05, 3.63) is 99.9 Å². The number of anilines is 1. The third kappa shape index (κ3) is 5.10. The van der Waals surface area contributed by atoms with E-state index in [0.29, 0.717) is 30.2 Å². The average molecular weight is 485 g/mol. The zero-order valence-electron chi connectivity index (χ0n) is 19.3. The highest BCUT2D eigenvalue weighted by Crippen LogP contribution is 2.37. The van der Waals surface area contributed by atoms with E-state index < -0.39 is 0 Å². The minimum atomic E-state index is -0.375. The minimum absolute atomic E-state index is 0.0260. The maximum atomic E-state index is 12.8. The Morgan fingerprint density at radius 2 is 1.89 bits per heavy atom. The van der Waals surface area contributed by atoms with Crippen LogP contribution >= 0.6 is 11.3 Å². The summed E-state index contributed by atoms with van der Waals surface area (Å²) in [5.74, 6) is 0.133. The smallest absolute Gasteiger partial charge is 0.338 e. The number of benzene rings is 3. The summed E-state index contributed by atoms with van der Waals surface area (Å²) in [6, 6.07) is 23.2. The van der Waals surface area contributed by atoms with Gasteiger partial charge >= 0.3 is 5.97 Å². The van der Waals surface area contributed by atoms with E-state index >= 15 is 0 Å². The standard InChI is InChI=1S/C28H24N2O4S/c1-2-33-28(32)22-10-6-9-20(13-22)16-30-24-15-21(11-12-25(24)34-17-27(30)31)23-18-35-26(29-23)14-19-7-4-3-5-8-19/h3-13,15,18H,2,14,16-17H2,1H3. The van der Waals surface area contributed by atoms with E-state index in [2.05, 4.69) is 12.1 Å². The molecule has 0 N–H and O–H groups in total. The van der Waals surface area contributed by atoms with Gasteiger partial charge in [-0.05, 0) is 48.4 Å². The van der Waals surface area contributed by atoms with Gasteiger partial charge < -0.3 is 14.4 Å². The van der Waals surface area contributed by atoms with Gasteiger partial charge in [0.05, 0.1) is 35.1 Å². The molecule has 176 valence electrons. The third-order valence-corrected chi connectivity index (χ3v) is 6.58. The van der Waals surface area contributed by atoms with Gasteiger partial charge in [-0.2, -0.15) is 0 Å². The van der Waals surface area contributed by atoms with Crippen molar-refractivity contribution >= 4 is 28.9 Å². The second kappa shape index (κ2) is 10.1. The second-order valence-electron chi connectivity index (χ2n) is 8.16. The maximum Gasteiger partial charge on any atom is 0.338 e. The van der Waals surface area contributed by atoms with Crippen LogP contribution in [-0.4, -0.2) is 30.1 Å². The number of amides is 1. The highest BCUT2D eigenvalue weighted by molar-refractivity contribution is 7.10. The van der Waals surface area contributed by atoms with Gasteiger partial charge in [0.15, 0.2) is 6.61 Å². The van der Waals surface area contributed by atoms with Gasteiger partial charge in [0.2, 0.25) is 0 Å². The van der Waals surface area contributed by atoms with E-state index in [-0.39, 0.29) is 18.5 Å². The largest absolute Gasteiger partial charge is 0.482 e. The fourth-order valence-corrected chi connectivity index (χ4v) is 4.86. The van der Waals surface area contributed by atoms with Gasteiger partial charge in [-0.15, -0.1) is 11.3 Å². The summed E-state index contributed by atoms with van der Waals surface area (Å²) >= 11 is 1.62. The molecule has 0 spiro atoms. The number of nitrogens with zero attached hydrogens (tertiary/aromatic N) is 2. The summed E-state index contributed by atoms with van der Waals surface area (Å²) in [5.41, 5.74) is 4.99. The lowest BCUT2D eigenvalue weighted by atomic mass is 10.1. The molecule has 0 saturated heterocycles. The van der Waals surface area contributed by atoms with Crippen LogP contribution in [0.15, 0.2) is 78.2 Å². The van der Waals surface area contributed by atoms with Gasteiger partial charge in [-0.1, -0.05) is 42.5 Å². The first-order valence-corrected chi connectivity index (χ1v) is 12.3. The van der Waals surface area contributed by atoms with Crippen molar-refractivity contribution in [3.8, 4) is 17.0 Å². The van der Waals surface area contributed by atoms with Crippen molar-refractivity contribution in [1.82, 2.24) is 4.98 Å². The van der Waals surface area contributed by atoms with Crippen LogP contribution in [0.25, 0.3) is 11.3 Å². The van der Waals surface area contributed by atoms with Crippen molar-refractivity contribution in [2.45, 2.75) is 19.9 Å². The van der Waals surface area contributed by atoms with Crippen molar-refractivity contribution in [3.63, 3.8) is 0 Å². The van der Waals surface area contributed by atoms with Gasteiger partial charge in [-0.25, -0.2) is 9.78 Å². The molecule has 0 bridgehead atoms. The number of ether oxygens (including phenoxy) is 2. The Morgan fingerprint density at radius 1 is 1.06 bits per heavy atom. The Labute approximate surface area is 207 Å². The zero-order valence-corrected chi connectivity index (χ0v) is 20.1. The van der Waals surface area contributed by atoms with E-state index in [0.717, 1.165) is 28.2 Å². The number of aromatic nitrogens is 1. The summed E-state index contributed by atoms with van der Waals surface area (Å²) in [4.78, 5) is 31.5. The molecule has 35 heavy (non-hydrogen) atoms. The number of thiazole rings is 1. The third-order valence-electron chi connectivity index (χ3n) is 5.73. The number of carbonyl (C=O) groups is 2. The average Bonchev–Trinajstić information content (AvgIpc) is 3.35. The highest BCUT2D eigenvalue weighted by atomic mass is 32.1. The fourth-order valence-electron chi connectivity index (χ4n) is 4.02. The lowest BCUT2D eigenvalue weighted by molar-refractivity contribution is -0.121. The molecule has 0 saturated carbocycles. The quantitative estimate of drug-likeness (QED) is 0.324. The number of rotatable bonds is 7. The van der Waals surface area contributed by atoms with Gasteiger partial charge in [-0.3, -0.25) is 4.79 Å². The second-order valence-corrected chi connectivity index (χ2v) is 9.10. The van der Waals surface area contributed by atoms with E-state index in [9.17, 15) is 9.59 Å². The van der Waals surface area contributed by atoms with E-state index in [1.807, 2.05) is 47.8 Å². The SMILES string of the molecule is CCOC(=O)c1cccc(CN2C(=O)COc3ccc(-c4csc(Cc5ccccc5)n4)cc32)c1.